The van der Waals surface area contributed by atoms with Crippen molar-refractivity contribution in [1.82, 2.24) is 14.2 Å². The molecule has 326 valence electrons. The second-order valence-corrected chi connectivity index (χ2v) is 23.2. The zero-order valence-electron chi connectivity index (χ0n) is 37.3. The van der Waals surface area contributed by atoms with Crippen molar-refractivity contribution in [1.29, 1.82) is 0 Å². The molecule has 0 saturated carbocycles. The van der Waals surface area contributed by atoms with Crippen molar-refractivity contribution in [3.63, 3.8) is 0 Å². The maximum Gasteiger partial charge on any atom is 0.351 e. The zero-order valence-corrected chi connectivity index (χ0v) is 39.2. The van der Waals surface area contributed by atoms with Crippen LogP contribution in [-0.4, -0.2) is 86.8 Å². The Morgan fingerprint density at radius 2 is 1.38 bits per heavy atom. The molecule has 2 heterocycles. The number of anilines is 1. The van der Waals surface area contributed by atoms with Gasteiger partial charge in [-0.05, 0) is 92.8 Å². The molecule has 1 aliphatic rings. The van der Waals surface area contributed by atoms with E-state index in [0.29, 0.717) is 11.5 Å². The van der Waals surface area contributed by atoms with Crippen molar-refractivity contribution in [2.24, 2.45) is 0 Å². The van der Waals surface area contributed by atoms with Gasteiger partial charge in [-0.2, -0.15) is 4.98 Å². The third-order valence-corrected chi connectivity index (χ3v) is 17.7. The summed E-state index contributed by atoms with van der Waals surface area (Å²) in [5.74, 6) is 1.20. The van der Waals surface area contributed by atoms with Crippen LogP contribution < -0.4 is 20.5 Å². The third-order valence-electron chi connectivity index (χ3n) is 11.2. The lowest BCUT2D eigenvalue weighted by Gasteiger charge is -2.42. The normalized spacial score (nSPS) is 19.2. The van der Waals surface area contributed by atoms with E-state index in [1.54, 1.807) is 33.6 Å². The molecule has 5 rings (SSSR count). The second kappa shape index (κ2) is 19.8. The summed E-state index contributed by atoms with van der Waals surface area (Å²) in [5.41, 5.74) is 0.776. The number of nitrogens with zero attached hydrogens (tertiary/aromatic N) is 3. The molecule has 0 bridgehead atoms. The number of aromatic nitrogens is 2. The van der Waals surface area contributed by atoms with Gasteiger partial charge >= 0.3 is 5.69 Å². The highest BCUT2D eigenvalue weighted by atomic mass is 31.2. The maximum absolute atomic E-state index is 13.9. The molecule has 0 radical (unpaired) electrons. The largest absolute Gasteiger partial charge is 0.497 e. The van der Waals surface area contributed by atoms with Crippen molar-refractivity contribution in [2.45, 2.75) is 116 Å². The lowest BCUT2D eigenvalue weighted by molar-refractivity contribution is -0.114. The van der Waals surface area contributed by atoms with Gasteiger partial charge in [0.2, 0.25) is 5.91 Å². The van der Waals surface area contributed by atoms with Crippen LogP contribution in [0.1, 0.15) is 78.3 Å². The summed E-state index contributed by atoms with van der Waals surface area (Å²) < 4.78 is 49.9. The van der Waals surface area contributed by atoms with Gasteiger partial charge in [-0.25, -0.2) is 9.46 Å². The van der Waals surface area contributed by atoms with E-state index in [9.17, 15) is 9.59 Å². The molecule has 5 atom stereocenters. The van der Waals surface area contributed by atoms with E-state index in [-0.39, 0.29) is 35.5 Å². The summed E-state index contributed by atoms with van der Waals surface area (Å²) in [6.07, 6.45) is -1.81. The fourth-order valence-electron chi connectivity index (χ4n) is 7.24. The second-order valence-electron chi connectivity index (χ2n) is 17.0. The molecule has 13 nitrogen and oxygen atoms in total. The fourth-order valence-corrected chi connectivity index (χ4v) is 10.1. The minimum atomic E-state index is -2.60. The van der Waals surface area contributed by atoms with Gasteiger partial charge in [-0.3, -0.25) is 9.36 Å². The molecule has 1 fully saturated rings. The first kappa shape index (κ1) is 47.1. The zero-order chi connectivity index (χ0) is 44.0. The lowest BCUT2D eigenvalue weighted by Crippen LogP contribution is -2.50. The van der Waals surface area contributed by atoms with Crippen molar-refractivity contribution < 1.29 is 37.2 Å². The highest BCUT2D eigenvalue weighted by Gasteiger charge is 2.54. The topological polar surface area (TPSA) is 132 Å². The number of methoxy groups -OCH3 is 2. The number of ether oxygens (including phenoxy) is 4. The average Bonchev–Trinajstić information content (AvgIpc) is 3.52. The first-order valence-corrected chi connectivity index (χ1v) is 24.4. The number of amides is 1. The monoisotopic (exact) mass is 862 g/mol. The minimum Gasteiger partial charge on any atom is -0.497 e. The molecule has 4 aromatic rings. The number of carbonyl (C=O) groups is 1. The van der Waals surface area contributed by atoms with E-state index < -0.39 is 52.7 Å². The number of nitrogens with one attached hydrogen (secondary N) is 1. The summed E-state index contributed by atoms with van der Waals surface area (Å²) in [7, 11) is 0.652. The van der Waals surface area contributed by atoms with Gasteiger partial charge in [-0.15, -0.1) is 0 Å². The standard InChI is InChI=1S/C45H63N4O9PSi/c1-30(2)49(31(3)4)59(54-11)57-40-38(56-42(41(40)58-60(12,13)44(6,7)8)48-28-27-39(46-32(5)50)47-43(48)51)29-55-45(33-17-15-14-16-18-33,34-19-23-36(52-9)24-20-34)35-21-25-37(53-10)26-22-35/h14-28,30-31,38,40-42H,29H2,1-13H3,(H,46,47,50,51)/t38-,40-,41-,42-,59?/m1/s1. The van der Waals surface area contributed by atoms with Crippen LogP contribution in [0.15, 0.2) is 95.9 Å². The Hall–Kier alpha value is -3.98. The Morgan fingerprint density at radius 3 is 1.83 bits per heavy atom. The van der Waals surface area contributed by atoms with Gasteiger partial charge in [0.1, 0.15) is 41.2 Å². The molecule has 0 spiro atoms. The molecule has 15 heteroatoms. The van der Waals surface area contributed by atoms with E-state index in [1.807, 2.05) is 78.9 Å². The van der Waals surface area contributed by atoms with Crippen LogP contribution in [0.2, 0.25) is 18.1 Å². The van der Waals surface area contributed by atoms with Crippen molar-refractivity contribution in [3.05, 3.63) is 118 Å². The van der Waals surface area contributed by atoms with Gasteiger partial charge in [0.05, 0.1) is 20.8 Å². The number of benzene rings is 3. The van der Waals surface area contributed by atoms with Gasteiger partial charge < -0.3 is 37.7 Å². The Kier molecular flexibility index (Phi) is 15.5. The van der Waals surface area contributed by atoms with E-state index >= 15 is 0 Å². The molecule has 0 aliphatic carbocycles. The van der Waals surface area contributed by atoms with E-state index in [0.717, 1.165) is 16.7 Å². The van der Waals surface area contributed by atoms with Crippen molar-refractivity contribution >= 4 is 28.6 Å². The molecule has 1 amide bonds. The molecule has 1 saturated heterocycles. The van der Waals surface area contributed by atoms with Gasteiger partial charge in [0.25, 0.3) is 8.53 Å². The summed E-state index contributed by atoms with van der Waals surface area (Å²) in [5, 5.41) is 2.39. The van der Waals surface area contributed by atoms with Crippen LogP contribution in [0, 0.1) is 0 Å². The molecule has 1 unspecified atom stereocenters. The fraction of sp³-hybridized carbons (Fsp3) is 0.489. The number of rotatable bonds is 18. The smallest absolute Gasteiger partial charge is 0.351 e. The molecule has 1 N–H and O–H groups in total. The van der Waals surface area contributed by atoms with Gasteiger partial charge in [0, 0.05) is 32.3 Å². The molecular weight excluding hydrogens is 800 g/mol. The van der Waals surface area contributed by atoms with Crippen molar-refractivity contribution in [2.75, 3.05) is 33.3 Å². The van der Waals surface area contributed by atoms with Crippen LogP contribution in [-0.2, 0) is 33.3 Å². The molecule has 3 aromatic carbocycles. The van der Waals surface area contributed by atoms with Crippen LogP contribution in [0.4, 0.5) is 5.82 Å². The number of hydrogen-bond donors (Lipinski definition) is 1. The molecule has 60 heavy (non-hydrogen) atoms. The Morgan fingerprint density at radius 1 is 0.850 bits per heavy atom. The molecule has 1 aromatic heterocycles. The van der Waals surface area contributed by atoms with Crippen LogP contribution in [0.3, 0.4) is 0 Å². The van der Waals surface area contributed by atoms with E-state index in [1.165, 1.54) is 11.5 Å². The van der Waals surface area contributed by atoms with Gasteiger partial charge in [-0.1, -0.05) is 75.4 Å². The highest BCUT2D eigenvalue weighted by Crippen LogP contribution is 2.52. The summed E-state index contributed by atoms with van der Waals surface area (Å²) in [6, 6.07) is 27.4. The number of carbonyl (C=O) groups excluding carboxylic acids is 1. The number of hydrogen-bond acceptors (Lipinski definition) is 11. The first-order chi connectivity index (χ1) is 28.4. The first-order valence-electron chi connectivity index (χ1n) is 20.3. The predicted molar refractivity (Wildman–Crippen MR) is 238 cm³/mol. The lowest BCUT2D eigenvalue weighted by atomic mass is 9.80. The van der Waals surface area contributed by atoms with Crippen LogP contribution in [0.5, 0.6) is 11.5 Å². The minimum absolute atomic E-state index is 0.00607. The SMILES string of the molecule is COc1ccc(C(OC[C@H]2O[C@@H](n3ccc(NC(C)=O)nc3=O)[C@H](O[Si](C)(C)C(C)(C)C)[C@@H]2OP(OC)N(C(C)C)C(C)C)(c2ccccc2)c2ccc(OC)cc2)cc1. The average molecular weight is 863 g/mol. The van der Waals surface area contributed by atoms with Crippen LogP contribution >= 0.6 is 8.53 Å². The molecule has 1 aliphatic heterocycles. The summed E-state index contributed by atoms with van der Waals surface area (Å²) in [6.45, 7) is 20.6. The van der Waals surface area contributed by atoms with E-state index in [2.05, 4.69) is 76.5 Å². The quantitative estimate of drug-likeness (QED) is 0.0585. The van der Waals surface area contributed by atoms with Crippen LogP contribution in [0.25, 0.3) is 0 Å². The summed E-state index contributed by atoms with van der Waals surface area (Å²) in [4.78, 5) is 30.0. The maximum atomic E-state index is 13.9. The Labute approximate surface area is 357 Å². The van der Waals surface area contributed by atoms with Crippen molar-refractivity contribution in [3.8, 4) is 11.5 Å². The third kappa shape index (κ3) is 10.4. The van der Waals surface area contributed by atoms with Gasteiger partial charge in [0.15, 0.2) is 14.5 Å². The molecular formula is C45H63N4O9PSi. The van der Waals surface area contributed by atoms with E-state index in [4.69, 9.17) is 32.4 Å². The predicted octanol–water partition coefficient (Wildman–Crippen LogP) is 8.89. The highest BCUT2D eigenvalue weighted by molar-refractivity contribution is 7.44. The Balaban J connectivity index is 1.72. The summed E-state index contributed by atoms with van der Waals surface area (Å²) >= 11 is 0. The Bertz CT molecular complexity index is 2000.